The Morgan fingerprint density at radius 1 is 0.793 bits per heavy atom. The molecule has 4 fully saturated rings. The van der Waals surface area contributed by atoms with E-state index in [1.54, 1.807) is 0 Å². The molecule has 4 saturated carbocycles. The van der Waals surface area contributed by atoms with E-state index in [2.05, 4.69) is 53.1 Å². The van der Waals surface area contributed by atoms with Crippen molar-refractivity contribution in [3.63, 3.8) is 0 Å². The van der Waals surface area contributed by atoms with Crippen LogP contribution < -0.4 is 0 Å². The molecule has 0 spiro atoms. The molecule has 4 aliphatic rings. The van der Waals surface area contributed by atoms with Gasteiger partial charge in [-0.2, -0.15) is 0 Å². The number of hydrogen-bond donors (Lipinski definition) is 1. The smallest absolute Gasteiger partial charge is 0.184 e. The molecule has 168 valence electrons. The Morgan fingerprint density at radius 3 is 2.07 bits per heavy atom. The molecule has 0 aromatic rings. The molecule has 4 heteroatoms. The predicted molar refractivity (Wildman–Crippen MR) is 128 cm³/mol. The second-order valence-electron chi connectivity index (χ2n) is 13.9. The van der Waals surface area contributed by atoms with Gasteiger partial charge in [0, 0.05) is 6.10 Å². The first-order chi connectivity index (χ1) is 13.2. The number of aliphatic hydroxyl groups is 1. The lowest BCUT2D eigenvalue weighted by Crippen LogP contribution is -2.64. The Hall–Kier alpha value is 0.354. The van der Waals surface area contributed by atoms with Crippen molar-refractivity contribution < 1.29 is 9.53 Å². The zero-order valence-electron chi connectivity index (χ0n) is 20.6. The maximum Gasteiger partial charge on any atom is 0.184 e. The minimum absolute atomic E-state index is 0.167. The third-order valence-electron chi connectivity index (χ3n) is 10.5. The van der Waals surface area contributed by atoms with Gasteiger partial charge < -0.3 is 9.53 Å². The van der Waals surface area contributed by atoms with Crippen LogP contribution in [0.3, 0.4) is 0 Å². The average Bonchev–Trinajstić information content (AvgIpc) is 2.86. The summed E-state index contributed by atoms with van der Waals surface area (Å²) < 4.78 is 6.57. The van der Waals surface area contributed by atoms with Crippen LogP contribution in [0.1, 0.15) is 71.6 Å². The summed E-state index contributed by atoms with van der Waals surface area (Å²) in [6.45, 7) is 19.4. The van der Waals surface area contributed by atoms with Gasteiger partial charge in [0.25, 0.3) is 0 Å². The van der Waals surface area contributed by atoms with Crippen LogP contribution in [0.25, 0.3) is 0 Å². The van der Waals surface area contributed by atoms with Crippen LogP contribution >= 0.6 is 0 Å². The summed E-state index contributed by atoms with van der Waals surface area (Å²) in [6, 6.07) is 0. The van der Waals surface area contributed by atoms with E-state index in [-0.39, 0.29) is 10.6 Å². The van der Waals surface area contributed by atoms with Crippen LogP contribution in [0, 0.1) is 34.5 Å². The van der Waals surface area contributed by atoms with Gasteiger partial charge in [-0.25, -0.2) is 0 Å². The maximum atomic E-state index is 12.0. The van der Waals surface area contributed by atoms with Gasteiger partial charge in [0.05, 0.1) is 13.3 Å². The minimum atomic E-state index is -1.63. The zero-order valence-corrected chi connectivity index (χ0v) is 22.6. The van der Waals surface area contributed by atoms with Crippen molar-refractivity contribution in [2.45, 2.75) is 122 Å². The fourth-order valence-electron chi connectivity index (χ4n) is 9.07. The minimum Gasteiger partial charge on any atom is -0.415 e. The van der Waals surface area contributed by atoms with Crippen molar-refractivity contribution in [3.05, 3.63) is 0 Å². The van der Waals surface area contributed by atoms with Crippen molar-refractivity contribution >= 4 is 16.4 Å². The van der Waals surface area contributed by atoms with Crippen LogP contribution in [0.4, 0.5) is 0 Å². The molecular formula is C25H48O2Si2. The monoisotopic (exact) mass is 436 g/mol. The molecule has 0 aromatic heterocycles. The van der Waals surface area contributed by atoms with E-state index in [4.69, 9.17) is 4.43 Å². The van der Waals surface area contributed by atoms with E-state index in [1.807, 2.05) is 0 Å². The summed E-state index contributed by atoms with van der Waals surface area (Å²) in [6.07, 6.45) is 12.3. The molecule has 4 rings (SSSR count). The van der Waals surface area contributed by atoms with E-state index < -0.39 is 16.4 Å². The summed E-state index contributed by atoms with van der Waals surface area (Å²) in [5.41, 5.74) is 0.684. The molecule has 2 nitrogen and oxygen atoms in total. The largest absolute Gasteiger partial charge is 0.415 e. The van der Waals surface area contributed by atoms with Gasteiger partial charge in [-0.1, -0.05) is 33.5 Å². The first kappa shape index (κ1) is 22.5. The third kappa shape index (κ3) is 3.38. The van der Waals surface area contributed by atoms with Gasteiger partial charge in [-0.05, 0) is 112 Å². The van der Waals surface area contributed by atoms with E-state index in [0.717, 1.165) is 30.1 Å². The van der Waals surface area contributed by atoms with E-state index in [9.17, 15) is 5.11 Å². The first-order valence-electron chi connectivity index (χ1n) is 12.6. The number of hydrogen-bond acceptors (Lipinski definition) is 2. The SMILES string of the molecule is C[C@]12CCC3C(CC[C@H]4C[C@H](O[Si](C)(C)C)CC[C@]34C)C1CCC2(O)[Si](C)(C)C. The lowest BCUT2D eigenvalue weighted by atomic mass is 9.45. The van der Waals surface area contributed by atoms with Crippen LogP contribution in [-0.2, 0) is 4.43 Å². The van der Waals surface area contributed by atoms with Gasteiger partial charge in [-0.15, -0.1) is 0 Å². The van der Waals surface area contributed by atoms with Gasteiger partial charge in [-0.3, -0.25) is 0 Å². The molecule has 0 bridgehead atoms. The molecule has 0 aliphatic heterocycles. The van der Waals surface area contributed by atoms with Crippen molar-refractivity contribution in [1.82, 2.24) is 0 Å². The lowest BCUT2D eigenvalue weighted by molar-refractivity contribution is -0.140. The highest BCUT2D eigenvalue weighted by Gasteiger charge is 2.67. The molecule has 8 atom stereocenters. The fraction of sp³-hybridized carbons (Fsp3) is 1.00. The molecule has 0 radical (unpaired) electrons. The first-order valence-corrected chi connectivity index (χ1v) is 19.5. The molecule has 4 unspecified atom stereocenters. The highest BCUT2D eigenvalue weighted by Crippen LogP contribution is 2.69. The second kappa shape index (κ2) is 6.92. The predicted octanol–water partition coefficient (Wildman–Crippen LogP) is 6.86. The summed E-state index contributed by atoms with van der Waals surface area (Å²) >= 11 is 0. The Morgan fingerprint density at radius 2 is 1.45 bits per heavy atom. The Kier molecular flexibility index (Phi) is 5.38. The Balaban J connectivity index is 1.55. The van der Waals surface area contributed by atoms with Gasteiger partial charge in [0.1, 0.15) is 0 Å². The van der Waals surface area contributed by atoms with Gasteiger partial charge in [0.2, 0.25) is 0 Å². The molecule has 29 heavy (non-hydrogen) atoms. The van der Waals surface area contributed by atoms with E-state index in [1.165, 1.54) is 51.4 Å². The van der Waals surface area contributed by atoms with Crippen molar-refractivity contribution in [3.8, 4) is 0 Å². The van der Waals surface area contributed by atoms with Crippen LogP contribution in [0.15, 0.2) is 0 Å². The Bertz CT molecular complexity index is 638. The van der Waals surface area contributed by atoms with Crippen LogP contribution in [-0.4, -0.2) is 32.8 Å². The fourth-order valence-corrected chi connectivity index (χ4v) is 13.2. The zero-order chi connectivity index (χ0) is 21.5. The second-order valence-corrected chi connectivity index (χ2v) is 23.7. The van der Waals surface area contributed by atoms with Crippen molar-refractivity contribution in [1.29, 1.82) is 0 Å². The highest BCUT2D eigenvalue weighted by molar-refractivity contribution is 6.79. The number of rotatable bonds is 3. The molecule has 1 N–H and O–H groups in total. The quantitative estimate of drug-likeness (QED) is 0.490. The summed E-state index contributed by atoms with van der Waals surface area (Å²) in [4.78, 5) is 0. The highest BCUT2D eigenvalue weighted by atomic mass is 28.4. The van der Waals surface area contributed by atoms with Crippen LogP contribution in [0.2, 0.25) is 39.3 Å². The van der Waals surface area contributed by atoms with Crippen molar-refractivity contribution in [2.75, 3.05) is 0 Å². The third-order valence-corrected chi connectivity index (χ3v) is 14.9. The Labute approximate surface area is 182 Å². The lowest BCUT2D eigenvalue weighted by Gasteiger charge is -2.63. The normalized spacial score (nSPS) is 50.6. The standard InChI is InChI=1S/C25H48O2Si2/c1-23-14-11-19(27-29(6,7)8)17-18(23)9-10-20-21(23)12-15-24(2)22(20)13-16-25(24,26)28(3,4)5/h18-22,26H,9-17H2,1-8H3/t18-,19+,20?,21?,22?,23-,24-,25?/m0/s1. The molecule has 0 heterocycles. The summed E-state index contributed by atoms with van der Waals surface area (Å²) in [5.74, 6) is 3.36. The van der Waals surface area contributed by atoms with Gasteiger partial charge in [0.15, 0.2) is 8.32 Å². The molecule has 0 saturated heterocycles. The van der Waals surface area contributed by atoms with E-state index >= 15 is 0 Å². The maximum absolute atomic E-state index is 12.0. The van der Waals surface area contributed by atoms with E-state index in [0.29, 0.717) is 11.5 Å². The number of fused-ring (bicyclic) bond motifs is 5. The molecule has 0 aromatic carbocycles. The topological polar surface area (TPSA) is 29.5 Å². The van der Waals surface area contributed by atoms with Gasteiger partial charge >= 0.3 is 0 Å². The summed E-state index contributed by atoms with van der Waals surface area (Å²) in [7, 11) is -3.07. The summed E-state index contributed by atoms with van der Waals surface area (Å²) in [5, 5.41) is 11.6. The molecular weight excluding hydrogens is 388 g/mol. The average molecular weight is 437 g/mol. The van der Waals surface area contributed by atoms with Crippen molar-refractivity contribution in [2.24, 2.45) is 34.5 Å². The molecule has 0 amide bonds. The molecule has 4 aliphatic carbocycles. The van der Waals surface area contributed by atoms with Crippen LogP contribution in [0.5, 0.6) is 0 Å².